The number of nitrogens with zero attached hydrogens (tertiary/aromatic N) is 3. The largest absolute Gasteiger partial charge is 0.377 e. The van der Waals surface area contributed by atoms with Gasteiger partial charge in [0.25, 0.3) is 5.76 Å². The summed E-state index contributed by atoms with van der Waals surface area (Å²) in [6.07, 6.45) is 0. The summed E-state index contributed by atoms with van der Waals surface area (Å²) in [5, 5.41) is 2.96. The van der Waals surface area contributed by atoms with Gasteiger partial charge in [0.15, 0.2) is 5.16 Å². The number of para-hydroxylation sites is 2. The molecule has 0 saturated carbocycles. The van der Waals surface area contributed by atoms with E-state index in [1.54, 1.807) is 24.3 Å². The van der Waals surface area contributed by atoms with Gasteiger partial charge in [-0.15, -0.1) is 0 Å². The van der Waals surface area contributed by atoms with E-state index in [9.17, 15) is 13.6 Å². The second kappa shape index (κ2) is 7.96. The zero-order chi connectivity index (χ0) is 19.6. The van der Waals surface area contributed by atoms with E-state index in [1.807, 2.05) is 44.1 Å². The Kier molecular flexibility index (Phi) is 5.65. The molecule has 0 atom stereocenters. The van der Waals surface area contributed by atoms with Crippen molar-refractivity contribution in [3.05, 3.63) is 48.0 Å². The smallest absolute Gasteiger partial charge is 0.291 e. The molecule has 3 rings (SSSR count). The van der Waals surface area contributed by atoms with Crippen LogP contribution < -0.4 is 10.2 Å². The van der Waals surface area contributed by atoms with Gasteiger partial charge in [0.1, 0.15) is 6.54 Å². The van der Waals surface area contributed by atoms with Crippen LogP contribution in [0.25, 0.3) is 11.0 Å². The number of thioether (sulfide) groups is 1. The Morgan fingerprint density at radius 2 is 2.00 bits per heavy atom. The van der Waals surface area contributed by atoms with Crippen LogP contribution in [-0.2, 0) is 11.3 Å². The summed E-state index contributed by atoms with van der Waals surface area (Å²) in [5.41, 5.74) is 3.98. The molecular formula is C19H20F2N4OS. The number of alkyl halides is 2. The average Bonchev–Trinajstić information content (AvgIpc) is 2.91. The summed E-state index contributed by atoms with van der Waals surface area (Å²) in [6.45, 7) is 1.87. The van der Waals surface area contributed by atoms with E-state index in [2.05, 4.69) is 10.3 Å². The van der Waals surface area contributed by atoms with Crippen LogP contribution in [0.1, 0.15) is 5.56 Å². The predicted molar refractivity (Wildman–Crippen MR) is 106 cm³/mol. The van der Waals surface area contributed by atoms with Crippen molar-refractivity contribution in [2.24, 2.45) is 0 Å². The Morgan fingerprint density at radius 1 is 1.26 bits per heavy atom. The number of benzene rings is 2. The van der Waals surface area contributed by atoms with E-state index < -0.39 is 5.76 Å². The standard InChI is InChI=1S/C19H20F2N4OS/c1-12-10-13(8-9-15(12)24(2)3)22-17(26)11-25-16-7-5-4-6-14(16)23-19(25)27-18(20)21/h4-10,18H,11H2,1-3H3,(H,22,26). The van der Waals surface area contributed by atoms with E-state index >= 15 is 0 Å². The van der Waals surface area contributed by atoms with Gasteiger partial charge in [-0.25, -0.2) is 4.98 Å². The lowest BCUT2D eigenvalue weighted by molar-refractivity contribution is -0.116. The molecule has 0 spiro atoms. The quantitative estimate of drug-likeness (QED) is 0.635. The molecule has 0 unspecified atom stereocenters. The van der Waals surface area contributed by atoms with Crippen molar-refractivity contribution < 1.29 is 13.6 Å². The fourth-order valence-corrected chi connectivity index (χ4v) is 3.56. The molecule has 142 valence electrons. The third-order valence-corrected chi connectivity index (χ3v) is 4.78. The van der Waals surface area contributed by atoms with E-state index in [4.69, 9.17) is 0 Å². The number of aryl methyl sites for hydroxylation is 1. The molecule has 8 heteroatoms. The molecule has 1 aromatic heterocycles. The zero-order valence-electron chi connectivity index (χ0n) is 15.2. The van der Waals surface area contributed by atoms with E-state index in [0.29, 0.717) is 28.5 Å². The fourth-order valence-electron chi connectivity index (χ4n) is 2.95. The SMILES string of the molecule is Cc1cc(NC(=O)Cn2c(SC(F)F)nc3ccccc32)ccc1N(C)C. The number of hydrogen-bond acceptors (Lipinski definition) is 4. The molecule has 27 heavy (non-hydrogen) atoms. The van der Waals surface area contributed by atoms with Crippen molar-refractivity contribution in [3.63, 3.8) is 0 Å². The molecule has 0 bridgehead atoms. The summed E-state index contributed by atoms with van der Waals surface area (Å²) in [6, 6.07) is 12.7. The number of nitrogens with one attached hydrogen (secondary N) is 1. The van der Waals surface area contributed by atoms with Gasteiger partial charge < -0.3 is 14.8 Å². The molecular weight excluding hydrogens is 370 g/mol. The number of aromatic nitrogens is 2. The summed E-state index contributed by atoms with van der Waals surface area (Å²) >= 11 is 0.340. The van der Waals surface area contributed by atoms with Crippen molar-refractivity contribution in [3.8, 4) is 0 Å². The average molecular weight is 390 g/mol. The van der Waals surface area contributed by atoms with Gasteiger partial charge in [0.05, 0.1) is 11.0 Å². The van der Waals surface area contributed by atoms with Crippen molar-refractivity contribution in [1.29, 1.82) is 0 Å². The molecule has 0 aliphatic carbocycles. The number of amides is 1. The Bertz CT molecular complexity index is 971. The first-order chi connectivity index (χ1) is 12.8. The molecule has 0 radical (unpaired) electrons. The number of hydrogen-bond donors (Lipinski definition) is 1. The second-order valence-corrected chi connectivity index (χ2v) is 7.25. The van der Waals surface area contributed by atoms with E-state index in [0.717, 1.165) is 11.3 Å². The van der Waals surface area contributed by atoms with Crippen LogP contribution in [0.5, 0.6) is 0 Å². The van der Waals surface area contributed by atoms with Crippen LogP contribution in [0.15, 0.2) is 47.6 Å². The highest BCUT2D eigenvalue weighted by Crippen LogP contribution is 2.28. The van der Waals surface area contributed by atoms with Crippen LogP contribution in [0.3, 0.4) is 0 Å². The first kappa shape index (κ1) is 19.2. The number of imidazole rings is 1. The van der Waals surface area contributed by atoms with Crippen molar-refractivity contribution in [1.82, 2.24) is 9.55 Å². The Morgan fingerprint density at radius 3 is 2.67 bits per heavy atom. The van der Waals surface area contributed by atoms with Gasteiger partial charge in [-0.2, -0.15) is 8.78 Å². The second-order valence-electron chi connectivity index (χ2n) is 6.29. The number of carbonyl (C=O) groups excluding carboxylic acids is 1. The molecule has 1 N–H and O–H groups in total. The van der Waals surface area contributed by atoms with E-state index in [1.165, 1.54) is 4.57 Å². The van der Waals surface area contributed by atoms with Crippen LogP contribution in [0.4, 0.5) is 20.2 Å². The first-order valence-electron chi connectivity index (χ1n) is 8.33. The van der Waals surface area contributed by atoms with Gasteiger partial charge in [-0.05, 0) is 54.6 Å². The minimum absolute atomic E-state index is 0.0932. The van der Waals surface area contributed by atoms with Gasteiger partial charge in [0, 0.05) is 25.5 Å². The highest BCUT2D eigenvalue weighted by atomic mass is 32.2. The monoisotopic (exact) mass is 390 g/mol. The summed E-state index contributed by atoms with van der Waals surface area (Å²) in [4.78, 5) is 18.7. The maximum absolute atomic E-state index is 12.9. The van der Waals surface area contributed by atoms with Crippen LogP contribution in [0, 0.1) is 6.92 Å². The van der Waals surface area contributed by atoms with Gasteiger partial charge in [-0.3, -0.25) is 4.79 Å². The Labute approximate surface area is 160 Å². The number of rotatable bonds is 6. The van der Waals surface area contributed by atoms with E-state index in [-0.39, 0.29) is 17.6 Å². The maximum atomic E-state index is 12.9. The zero-order valence-corrected chi connectivity index (χ0v) is 16.1. The lowest BCUT2D eigenvalue weighted by Gasteiger charge is -2.17. The van der Waals surface area contributed by atoms with Crippen LogP contribution >= 0.6 is 11.8 Å². The number of fused-ring (bicyclic) bond motifs is 1. The molecule has 0 aliphatic heterocycles. The number of halogens is 2. The first-order valence-corrected chi connectivity index (χ1v) is 9.21. The Hall–Kier alpha value is -2.61. The van der Waals surface area contributed by atoms with Crippen molar-refractivity contribution >= 4 is 40.1 Å². The lowest BCUT2D eigenvalue weighted by Crippen LogP contribution is -2.19. The highest BCUT2D eigenvalue weighted by Gasteiger charge is 2.18. The Balaban J connectivity index is 1.82. The highest BCUT2D eigenvalue weighted by molar-refractivity contribution is 7.99. The van der Waals surface area contributed by atoms with Crippen molar-refractivity contribution in [2.75, 3.05) is 24.3 Å². The van der Waals surface area contributed by atoms with Crippen molar-refractivity contribution in [2.45, 2.75) is 24.4 Å². The minimum atomic E-state index is -2.61. The molecule has 1 heterocycles. The summed E-state index contributed by atoms with van der Waals surface area (Å²) in [7, 11) is 3.90. The molecule has 2 aromatic carbocycles. The molecule has 0 aliphatic rings. The predicted octanol–water partition coefficient (Wildman–Crippen LogP) is 4.36. The molecule has 0 fully saturated rings. The fraction of sp³-hybridized carbons (Fsp3) is 0.263. The molecule has 0 saturated heterocycles. The van der Waals surface area contributed by atoms with Crippen LogP contribution in [-0.4, -0.2) is 35.3 Å². The number of anilines is 2. The normalized spacial score (nSPS) is 11.2. The van der Waals surface area contributed by atoms with Gasteiger partial charge in [-0.1, -0.05) is 12.1 Å². The van der Waals surface area contributed by atoms with Gasteiger partial charge >= 0.3 is 0 Å². The third-order valence-electron chi connectivity index (χ3n) is 4.08. The summed E-state index contributed by atoms with van der Waals surface area (Å²) < 4.78 is 27.2. The van der Waals surface area contributed by atoms with Crippen LogP contribution in [0.2, 0.25) is 0 Å². The topological polar surface area (TPSA) is 50.2 Å². The maximum Gasteiger partial charge on any atom is 0.291 e. The third kappa shape index (κ3) is 4.39. The lowest BCUT2D eigenvalue weighted by atomic mass is 10.1. The molecule has 3 aromatic rings. The summed E-state index contributed by atoms with van der Waals surface area (Å²) in [5.74, 6) is -2.91. The van der Waals surface area contributed by atoms with Gasteiger partial charge in [0.2, 0.25) is 5.91 Å². The molecule has 1 amide bonds. The number of carbonyl (C=O) groups is 1. The molecule has 5 nitrogen and oxygen atoms in total. The minimum Gasteiger partial charge on any atom is -0.377 e.